The molecule has 0 saturated heterocycles. The van der Waals surface area contributed by atoms with Crippen LogP contribution in [0.1, 0.15) is 68.9 Å². The maximum Gasteiger partial charge on any atom is 0.274 e. The third kappa shape index (κ3) is 4.03. The molecule has 11 heteroatoms. The number of amides is 2. The van der Waals surface area contributed by atoms with Crippen LogP contribution in [0.3, 0.4) is 0 Å². The van der Waals surface area contributed by atoms with Crippen molar-refractivity contribution in [2.45, 2.75) is 44.1 Å². The summed E-state index contributed by atoms with van der Waals surface area (Å²) in [5.41, 5.74) is 1.19. The van der Waals surface area contributed by atoms with Gasteiger partial charge in [0.25, 0.3) is 11.8 Å². The molecule has 0 aliphatic heterocycles. The SMILES string of the molecule is O=C1CCc2cc(Cl)c(NC(=O)c3cc(Br)nn3-c3ncccc3Cl)c(C(=O)NC3(C4CC4)CC3)c21. The van der Waals surface area contributed by atoms with E-state index in [4.69, 9.17) is 23.2 Å². The summed E-state index contributed by atoms with van der Waals surface area (Å²) in [5, 5.41) is 10.7. The fraction of sp³-hybridized carbons (Fsp3) is 0.320. The number of hydrogen-bond acceptors (Lipinski definition) is 5. The second kappa shape index (κ2) is 8.68. The minimum Gasteiger partial charge on any atom is -0.346 e. The van der Waals surface area contributed by atoms with Gasteiger partial charge in [0.1, 0.15) is 10.3 Å². The maximum absolute atomic E-state index is 13.6. The first-order valence-corrected chi connectivity index (χ1v) is 13.2. The Bertz CT molecular complexity index is 1460. The van der Waals surface area contributed by atoms with Crippen LogP contribution in [0.5, 0.6) is 0 Å². The zero-order chi connectivity index (χ0) is 25.2. The van der Waals surface area contributed by atoms with Crippen LogP contribution in [0.2, 0.25) is 10.0 Å². The van der Waals surface area contributed by atoms with Gasteiger partial charge in [-0.3, -0.25) is 14.4 Å². The summed E-state index contributed by atoms with van der Waals surface area (Å²) >= 11 is 16.2. The van der Waals surface area contributed by atoms with Gasteiger partial charge in [0.05, 0.1) is 21.3 Å². The van der Waals surface area contributed by atoms with Gasteiger partial charge < -0.3 is 10.6 Å². The highest BCUT2D eigenvalue weighted by Crippen LogP contribution is 2.54. The van der Waals surface area contributed by atoms with E-state index in [1.807, 2.05) is 0 Å². The Kier molecular flexibility index (Phi) is 5.70. The topological polar surface area (TPSA) is 106 Å². The van der Waals surface area contributed by atoms with E-state index < -0.39 is 5.91 Å². The molecule has 8 nitrogen and oxygen atoms in total. The molecule has 2 saturated carbocycles. The van der Waals surface area contributed by atoms with Gasteiger partial charge in [0.15, 0.2) is 11.6 Å². The molecule has 0 radical (unpaired) electrons. The number of pyridine rings is 1. The molecule has 6 rings (SSSR count). The molecule has 3 aliphatic rings. The predicted octanol–water partition coefficient (Wildman–Crippen LogP) is 5.39. The van der Waals surface area contributed by atoms with Gasteiger partial charge in [0, 0.05) is 29.8 Å². The fourth-order valence-electron chi connectivity index (χ4n) is 5.02. The Morgan fingerprint density at radius 2 is 1.89 bits per heavy atom. The molecular formula is C25H20BrCl2N5O3. The van der Waals surface area contributed by atoms with Crippen LogP contribution in [-0.4, -0.2) is 37.9 Å². The van der Waals surface area contributed by atoms with Crippen molar-refractivity contribution in [1.82, 2.24) is 20.1 Å². The molecule has 0 spiro atoms. The van der Waals surface area contributed by atoms with Crippen molar-refractivity contribution < 1.29 is 14.4 Å². The minimum atomic E-state index is -0.584. The van der Waals surface area contributed by atoms with Crippen LogP contribution in [0.25, 0.3) is 5.82 Å². The largest absolute Gasteiger partial charge is 0.346 e. The molecule has 2 aromatic heterocycles. The standard InChI is InChI=1S/C25H20BrCl2N5O3/c26-18-11-16(33(32-18)22-14(27)2-1-9-29-22)23(35)30-21-15(28)10-12-3-6-17(34)19(12)20(21)24(36)31-25(7-8-25)13-4-5-13/h1-2,9-11,13H,3-8H2,(H,30,35)(H,31,36). The summed E-state index contributed by atoms with van der Waals surface area (Å²) in [6.07, 6.45) is 6.36. The zero-order valence-corrected chi connectivity index (χ0v) is 22.0. The summed E-state index contributed by atoms with van der Waals surface area (Å²) < 4.78 is 1.70. The first-order chi connectivity index (χ1) is 17.3. The van der Waals surface area contributed by atoms with Crippen LogP contribution in [0.4, 0.5) is 5.69 Å². The number of hydrogen-bond donors (Lipinski definition) is 2. The number of anilines is 1. The van der Waals surface area contributed by atoms with Crippen molar-refractivity contribution in [2.24, 2.45) is 5.92 Å². The summed E-state index contributed by atoms with van der Waals surface area (Å²) in [5.74, 6) is -0.363. The van der Waals surface area contributed by atoms with Crippen LogP contribution in [0.15, 0.2) is 35.1 Å². The number of Topliss-reactive ketones (excluding diaryl/α,β-unsaturated/α-hetero) is 1. The Labute approximate surface area is 224 Å². The number of carbonyl (C=O) groups excluding carboxylic acids is 3. The van der Waals surface area contributed by atoms with E-state index in [0.29, 0.717) is 33.9 Å². The van der Waals surface area contributed by atoms with Gasteiger partial charge in [-0.2, -0.15) is 5.10 Å². The molecule has 0 bridgehead atoms. The smallest absolute Gasteiger partial charge is 0.274 e. The highest BCUT2D eigenvalue weighted by molar-refractivity contribution is 9.10. The molecule has 36 heavy (non-hydrogen) atoms. The molecule has 2 heterocycles. The van der Waals surface area contributed by atoms with Crippen LogP contribution >= 0.6 is 39.1 Å². The number of aryl methyl sites for hydroxylation is 1. The Hall–Kier alpha value is -2.75. The quantitative estimate of drug-likeness (QED) is 0.401. The van der Waals surface area contributed by atoms with Crippen molar-refractivity contribution in [3.05, 3.63) is 67.5 Å². The number of halogens is 3. The lowest BCUT2D eigenvalue weighted by atomic mass is 9.98. The van der Waals surface area contributed by atoms with Crippen LogP contribution in [-0.2, 0) is 6.42 Å². The number of nitrogens with one attached hydrogen (secondary N) is 2. The lowest BCUT2D eigenvalue weighted by Crippen LogP contribution is -2.39. The molecule has 3 aliphatic carbocycles. The van der Waals surface area contributed by atoms with Crippen molar-refractivity contribution in [2.75, 3.05) is 5.32 Å². The monoisotopic (exact) mass is 587 g/mol. The molecule has 0 unspecified atom stereocenters. The molecule has 3 aromatic rings. The lowest BCUT2D eigenvalue weighted by Gasteiger charge is -2.21. The van der Waals surface area contributed by atoms with Crippen molar-refractivity contribution in [1.29, 1.82) is 0 Å². The Balaban J connectivity index is 1.40. The fourth-order valence-corrected chi connectivity index (χ4v) is 5.87. The van der Waals surface area contributed by atoms with Crippen LogP contribution in [0, 0.1) is 5.92 Å². The van der Waals surface area contributed by atoms with E-state index in [1.54, 1.807) is 18.2 Å². The van der Waals surface area contributed by atoms with E-state index in [9.17, 15) is 14.4 Å². The average molecular weight is 589 g/mol. The minimum absolute atomic E-state index is 0.107. The van der Waals surface area contributed by atoms with E-state index in [0.717, 1.165) is 31.2 Å². The van der Waals surface area contributed by atoms with Gasteiger partial charge in [-0.1, -0.05) is 23.2 Å². The normalized spacial score (nSPS) is 17.6. The number of fused-ring (bicyclic) bond motifs is 1. The van der Waals surface area contributed by atoms with Gasteiger partial charge in [-0.15, -0.1) is 0 Å². The summed E-state index contributed by atoms with van der Waals surface area (Å²) in [6.45, 7) is 0. The maximum atomic E-state index is 13.6. The van der Waals surface area contributed by atoms with Gasteiger partial charge in [-0.05, 0) is 77.7 Å². The number of aromatic nitrogens is 3. The predicted molar refractivity (Wildman–Crippen MR) is 138 cm³/mol. The molecule has 0 atom stereocenters. The van der Waals surface area contributed by atoms with E-state index in [2.05, 4.69) is 36.6 Å². The second-order valence-corrected chi connectivity index (χ2v) is 11.1. The third-order valence-corrected chi connectivity index (χ3v) is 8.07. The first kappa shape index (κ1) is 23.6. The third-order valence-electron chi connectivity index (χ3n) is 7.09. The summed E-state index contributed by atoms with van der Waals surface area (Å²) in [6, 6.07) is 6.48. The molecule has 184 valence electrons. The first-order valence-electron chi connectivity index (χ1n) is 11.7. The summed E-state index contributed by atoms with van der Waals surface area (Å²) in [7, 11) is 0. The lowest BCUT2D eigenvalue weighted by molar-refractivity contribution is 0.0913. The van der Waals surface area contributed by atoms with Crippen molar-refractivity contribution in [3.63, 3.8) is 0 Å². The number of nitrogens with zero attached hydrogens (tertiary/aromatic N) is 3. The van der Waals surface area contributed by atoms with Gasteiger partial charge in [0.2, 0.25) is 0 Å². The van der Waals surface area contributed by atoms with E-state index in [-0.39, 0.29) is 45.0 Å². The molecule has 1 aromatic carbocycles. The number of benzene rings is 1. The van der Waals surface area contributed by atoms with Crippen molar-refractivity contribution in [3.8, 4) is 5.82 Å². The summed E-state index contributed by atoms with van der Waals surface area (Å²) in [4.78, 5) is 44.2. The molecule has 2 amide bonds. The van der Waals surface area contributed by atoms with Gasteiger partial charge >= 0.3 is 0 Å². The molecule has 2 N–H and O–H groups in total. The second-order valence-electron chi connectivity index (χ2n) is 9.48. The number of rotatable bonds is 6. The highest BCUT2D eigenvalue weighted by atomic mass is 79.9. The Morgan fingerprint density at radius 3 is 2.58 bits per heavy atom. The van der Waals surface area contributed by atoms with E-state index >= 15 is 0 Å². The van der Waals surface area contributed by atoms with Crippen LogP contribution < -0.4 is 10.6 Å². The molecular weight excluding hydrogens is 569 g/mol. The van der Waals surface area contributed by atoms with E-state index in [1.165, 1.54) is 16.9 Å². The highest BCUT2D eigenvalue weighted by Gasteiger charge is 2.55. The number of ketones is 1. The average Bonchev–Trinajstić information content (AvgIpc) is 3.76. The Morgan fingerprint density at radius 1 is 1.11 bits per heavy atom. The molecule has 2 fully saturated rings. The van der Waals surface area contributed by atoms with Crippen molar-refractivity contribution >= 4 is 62.4 Å². The number of carbonyl (C=O) groups is 3. The van der Waals surface area contributed by atoms with Gasteiger partial charge in [-0.25, -0.2) is 9.67 Å². The zero-order valence-electron chi connectivity index (χ0n) is 18.9.